The Morgan fingerprint density at radius 3 is 2.69 bits per heavy atom. The highest BCUT2D eigenvalue weighted by molar-refractivity contribution is 9.13. The Bertz CT molecular complexity index is 457. The second-order valence-electron chi connectivity index (χ2n) is 3.34. The van der Waals surface area contributed by atoms with Gasteiger partial charge in [0.1, 0.15) is 6.26 Å². The quantitative estimate of drug-likeness (QED) is 0.921. The number of aromatic nitrogens is 1. The maximum absolute atomic E-state index is 4.75. The van der Waals surface area contributed by atoms with Crippen molar-refractivity contribution in [3.05, 3.63) is 50.7 Å². The van der Waals surface area contributed by atoms with Crippen molar-refractivity contribution in [1.82, 2.24) is 10.5 Å². The number of hydrogen-bond donors (Lipinski definition) is 1. The smallest absolute Gasteiger partial charge is 0.124 e. The zero-order valence-corrected chi connectivity index (χ0v) is 11.6. The van der Waals surface area contributed by atoms with Crippen LogP contribution in [0.2, 0.25) is 0 Å². The highest BCUT2D eigenvalue weighted by Gasteiger charge is 1.99. The Labute approximate surface area is 110 Å². The lowest BCUT2D eigenvalue weighted by molar-refractivity contribution is 0.408. The molecule has 0 amide bonds. The highest BCUT2D eigenvalue weighted by Crippen LogP contribution is 2.23. The summed E-state index contributed by atoms with van der Waals surface area (Å²) in [4.78, 5) is 0. The zero-order valence-electron chi connectivity index (χ0n) is 8.41. The zero-order chi connectivity index (χ0) is 11.4. The molecule has 0 spiro atoms. The molecule has 0 aliphatic heterocycles. The van der Waals surface area contributed by atoms with E-state index in [0.29, 0.717) is 6.54 Å². The van der Waals surface area contributed by atoms with Gasteiger partial charge in [-0.15, -0.1) is 0 Å². The van der Waals surface area contributed by atoms with E-state index in [1.54, 1.807) is 6.26 Å². The van der Waals surface area contributed by atoms with Gasteiger partial charge in [0.05, 0.1) is 5.69 Å². The van der Waals surface area contributed by atoms with Gasteiger partial charge in [0.2, 0.25) is 0 Å². The largest absolute Gasteiger partial charge is 0.364 e. The Balaban J connectivity index is 1.87. The van der Waals surface area contributed by atoms with E-state index >= 15 is 0 Å². The maximum atomic E-state index is 4.75. The van der Waals surface area contributed by atoms with Crippen molar-refractivity contribution < 1.29 is 4.52 Å². The number of benzene rings is 1. The second kappa shape index (κ2) is 5.61. The lowest BCUT2D eigenvalue weighted by Crippen LogP contribution is -2.12. The van der Waals surface area contributed by atoms with E-state index in [1.165, 1.54) is 5.56 Å². The summed E-state index contributed by atoms with van der Waals surface area (Å²) >= 11 is 6.91. The molecule has 16 heavy (non-hydrogen) atoms. The molecule has 3 nitrogen and oxygen atoms in total. The van der Waals surface area contributed by atoms with Crippen LogP contribution in [0.1, 0.15) is 11.3 Å². The molecule has 1 aromatic carbocycles. The van der Waals surface area contributed by atoms with Gasteiger partial charge in [0.25, 0.3) is 0 Å². The van der Waals surface area contributed by atoms with Crippen molar-refractivity contribution in [3.8, 4) is 0 Å². The molecule has 0 radical (unpaired) electrons. The van der Waals surface area contributed by atoms with Crippen molar-refractivity contribution in [2.24, 2.45) is 0 Å². The monoisotopic (exact) mass is 344 g/mol. The van der Waals surface area contributed by atoms with Crippen LogP contribution in [0.3, 0.4) is 0 Å². The molecule has 0 saturated heterocycles. The number of nitrogens with zero attached hydrogens (tertiary/aromatic N) is 1. The molecule has 0 saturated carbocycles. The first-order chi connectivity index (χ1) is 7.75. The average Bonchev–Trinajstić information content (AvgIpc) is 2.76. The molecule has 5 heteroatoms. The van der Waals surface area contributed by atoms with Crippen molar-refractivity contribution in [2.45, 2.75) is 13.1 Å². The van der Waals surface area contributed by atoms with Crippen molar-refractivity contribution in [2.75, 3.05) is 0 Å². The molecule has 0 unspecified atom stereocenters. The summed E-state index contributed by atoms with van der Waals surface area (Å²) in [5.74, 6) is 0. The van der Waals surface area contributed by atoms with Gasteiger partial charge in [-0.3, -0.25) is 0 Å². The van der Waals surface area contributed by atoms with Crippen molar-refractivity contribution >= 4 is 31.9 Å². The van der Waals surface area contributed by atoms with Gasteiger partial charge in [-0.2, -0.15) is 0 Å². The average molecular weight is 346 g/mol. The predicted molar refractivity (Wildman–Crippen MR) is 68.9 cm³/mol. The lowest BCUT2D eigenvalue weighted by Gasteiger charge is -2.04. The van der Waals surface area contributed by atoms with Crippen LogP contribution in [0.4, 0.5) is 0 Å². The maximum Gasteiger partial charge on any atom is 0.124 e. The van der Waals surface area contributed by atoms with Crippen LogP contribution in [0.15, 0.2) is 44.0 Å². The van der Waals surface area contributed by atoms with Crippen molar-refractivity contribution in [1.29, 1.82) is 0 Å². The third-order valence-electron chi connectivity index (χ3n) is 2.11. The van der Waals surface area contributed by atoms with Gasteiger partial charge in [-0.05, 0) is 49.6 Å². The first-order valence-electron chi connectivity index (χ1n) is 4.79. The molecule has 1 N–H and O–H groups in total. The molecule has 0 aliphatic carbocycles. The van der Waals surface area contributed by atoms with Crippen LogP contribution in [0, 0.1) is 0 Å². The molecule has 2 rings (SSSR count). The number of nitrogens with one attached hydrogen (secondary N) is 1. The molecule has 0 atom stereocenters. The third kappa shape index (κ3) is 3.17. The van der Waals surface area contributed by atoms with Gasteiger partial charge in [-0.25, -0.2) is 0 Å². The summed E-state index contributed by atoms with van der Waals surface area (Å²) < 4.78 is 6.87. The van der Waals surface area contributed by atoms with Crippen LogP contribution >= 0.6 is 31.9 Å². The molecule has 84 valence electrons. The Morgan fingerprint density at radius 1 is 1.12 bits per heavy atom. The lowest BCUT2D eigenvalue weighted by atomic mass is 10.2. The van der Waals surface area contributed by atoms with E-state index in [0.717, 1.165) is 21.2 Å². The number of halogens is 2. The van der Waals surface area contributed by atoms with E-state index in [1.807, 2.05) is 12.1 Å². The fourth-order valence-electron chi connectivity index (χ4n) is 1.31. The number of hydrogen-bond acceptors (Lipinski definition) is 3. The van der Waals surface area contributed by atoms with Gasteiger partial charge in [0.15, 0.2) is 0 Å². The van der Waals surface area contributed by atoms with Crippen LogP contribution in [0.25, 0.3) is 0 Å². The van der Waals surface area contributed by atoms with E-state index < -0.39 is 0 Å². The SMILES string of the molecule is Brc1ccc(CNCc2ccon2)cc1Br. The fourth-order valence-corrected chi connectivity index (χ4v) is 1.99. The van der Waals surface area contributed by atoms with Crippen LogP contribution in [-0.4, -0.2) is 5.16 Å². The normalized spacial score (nSPS) is 10.6. The Hall–Kier alpha value is -0.650. The molecule has 2 aromatic rings. The van der Waals surface area contributed by atoms with Crippen LogP contribution in [-0.2, 0) is 13.1 Å². The van der Waals surface area contributed by atoms with Crippen LogP contribution < -0.4 is 5.32 Å². The van der Waals surface area contributed by atoms with E-state index in [2.05, 4.69) is 54.5 Å². The summed E-state index contributed by atoms with van der Waals surface area (Å²) in [5.41, 5.74) is 2.13. The summed E-state index contributed by atoms with van der Waals surface area (Å²) in [6.45, 7) is 1.52. The van der Waals surface area contributed by atoms with E-state index in [9.17, 15) is 0 Å². The fraction of sp³-hybridized carbons (Fsp3) is 0.182. The van der Waals surface area contributed by atoms with Gasteiger partial charge >= 0.3 is 0 Å². The topological polar surface area (TPSA) is 38.1 Å². The minimum Gasteiger partial charge on any atom is -0.364 e. The standard InChI is InChI=1S/C11H10Br2N2O/c12-10-2-1-8(5-11(10)13)6-14-7-9-3-4-16-15-9/h1-5,14H,6-7H2. The Kier molecular flexibility index (Phi) is 4.15. The minimum absolute atomic E-state index is 0.712. The van der Waals surface area contributed by atoms with Gasteiger partial charge < -0.3 is 9.84 Å². The molecule has 0 fully saturated rings. The molecule has 1 heterocycles. The van der Waals surface area contributed by atoms with E-state index in [4.69, 9.17) is 4.52 Å². The molecule has 0 bridgehead atoms. The summed E-state index contributed by atoms with van der Waals surface area (Å²) in [5, 5.41) is 7.12. The Morgan fingerprint density at radius 2 is 2.00 bits per heavy atom. The second-order valence-corrected chi connectivity index (χ2v) is 5.05. The summed E-state index contributed by atoms with van der Waals surface area (Å²) in [7, 11) is 0. The number of rotatable bonds is 4. The predicted octanol–water partition coefficient (Wildman–Crippen LogP) is 3.49. The summed E-state index contributed by atoms with van der Waals surface area (Å²) in [6, 6.07) is 8.03. The molecular weight excluding hydrogens is 336 g/mol. The molecular formula is C11H10Br2N2O. The minimum atomic E-state index is 0.712. The molecule has 0 aliphatic rings. The first kappa shape index (κ1) is 11.8. The van der Waals surface area contributed by atoms with Crippen LogP contribution in [0.5, 0.6) is 0 Å². The van der Waals surface area contributed by atoms with Crippen molar-refractivity contribution in [3.63, 3.8) is 0 Å². The molecule has 1 aromatic heterocycles. The first-order valence-corrected chi connectivity index (χ1v) is 6.38. The van der Waals surface area contributed by atoms with E-state index in [-0.39, 0.29) is 0 Å². The highest BCUT2D eigenvalue weighted by atomic mass is 79.9. The van der Waals surface area contributed by atoms with Gasteiger partial charge in [0, 0.05) is 28.1 Å². The third-order valence-corrected chi connectivity index (χ3v) is 3.99. The van der Waals surface area contributed by atoms with Gasteiger partial charge in [-0.1, -0.05) is 11.2 Å². The summed E-state index contributed by atoms with van der Waals surface area (Å²) in [6.07, 6.45) is 1.58.